The molecule has 0 saturated heterocycles. The third kappa shape index (κ3) is 7.74. The zero-order chi connectivity index (χ0) is 19.6. The average molecular weight is 363 g/mol. The maximum Gasteiger partial charge on any atom is 0.303 e. The maximum absolute atomic E-state index is 12.2. The highest BCUT2D eigenvalue weighted by Crippen LogP contribution is 2.35. The van der Waals surface area contributed by atoms with E-state index in [1.807, 2.05) is 26.0 Å². The summed E-state index contributed by atoms with van der Waals surface area (Å²) in [5.41, 5.74) is -0.304. The van der Waals surface area contributed by atoms with Crippen LogP contribution in [0.3, 0.4) is 0 Å². The highest BCUT2D eigenvalue weighted by Gasteiger charge is 2.33. The first-order chi connectivity index (χ1) is 12.3. The minimum atomic E-state index is -0.743. The lowest BCUT2D eigenvalue weighted by Crippen LogP contribution is -2.27. The molecule has 0 aromatic heterocycles. The number of carbonyl (C=O) groups is 2. The Morgan fingerprint density at radius 1 is 1.31 bits per heavy atom. The SMILES string of the molecule is CC#CCC(C)(C)[C@H](O)C=C[C@H]1CCC(=O)[C@@H]1CCCCCCC(=O)O. The van der Waals surface area contributed by atoms with Crippen molar-refractivity contribution in [3.05, 3.63) is 12.2 Å². The van der Waals surface area contributed by atoms with Gasteiger partial charge in [-0.15, -0.1) is 11.8 Å². The lowest BCUT2D eigenvalue weighted by molar-refractivity contribution is -0.137. The Bertz CT molecular complexity index is 550. The third-order valence-corrected chi connectivity index (χ3v) is 5.37. The van der Waals surface area contributed by atoms with Gasteiger partial charge in [0.05, 0.1) is 6.10 Å². The Morgan fingerprint density at radius 3 is 2.65 bits per heavy atom. The van der Waals surface area contributed by atoms with Gasteiger partial charge in [0.25, 0.3) is 0 Å². The number of ketones is 1. The van der Waals surface area contributed by atoms with Crippen LogP contribution in [-0.4, -0.2) is 28.1 Å². The van der Waals surface area contributed by atoms with E-state index in [4.69, 9.17) is 5.11 Å². The van der Waals surface area contributed by atoms with Gasteiger partial charge in [-0.1, -0.05) is 45.3 Å². The molecule has 0 bridgehead atoms. The molecule has 3 atom stereocenters. The molecule has 4 heteroatoms. The van der Waals surface area contributed by atoms with Crippen molar-refractivity contribution in [2.75, 3.05) is 0 Å². The molecule has 1 rings (SSSR count). The number of aliphatic hydroxyl groups is 1. The quantitative estimate of drug-likeness (QED) is 0.325. The number of hydrogen-bond acceptors (Lipinski definition) is 3. The number of carboxylic acids is 1. The highest BCUT2D eigenvalue weighted by atomic mass is 16.4. The second-order valence-corrected chi connectivity index (χ2v) is 8.04. The minimum absolute atomic E-state index is 0.0523. The predicted molar refractivity (Wildman–Crippen MR) is 104 cm³/mol. The molecule has 0 aromatic carbocycles. The van der Waals surface area contributed by atoms with E-state index in [9.17, 15) is 14.7 Å². The van der Waals surface area contributed by atoms with Gasteiger partial charge < -0.3 is 10.2 Å². The predicted octanol–water partition coefficient (Wildman–Crippen LogP) is 4.36. The van der Waals surface area contributed by atoms with Gasteiger partial charge in [-0.3, -0.25) is 9.59 Å². The Kier molecular flexibility index (Phi) is 9.65. The number of carboxylic acid groups (broad SMARTS) is 1. The van der Waals surface area contributed by atoms with Crippen LogP contribution in [0.5, 0.6) is 0 Å². The van der Waals surface area contributed by atoms with Crippen molar-refractivity contribution in [2.45, 2.75) is 84.7 Å². The fraction of sp³-hybridized carbons (Fsp3) is 0.727. The molecular formula is C22H34O4. The monoisotopic (exact) mass is 362 g/mol. The summed E-state index contributed by atoms with van der Waals surface area (Å²) in [6.45, 7) is 5.80. The van der Waals surface area contributed by atoms with Gasteiger partial charge in [0.1, 0.15) is 5.78 Å². The molecule has 0 radical (unpaired) electrons. The highest BCUT2D eigenvalue weighted by molar-refractivity contribution is 5.83. The largest absolute Gasteiger partial charge is 0.481 e. The van der Waals surface area contributed by atoms with Crippen LogP contribution in [0.15, 0.2) is 12.2 Å². The molecule has 1 saturated carbocycles. The fourth-order valence-electron chi connectivity index (χ4n) is 3.46. The number of aliphatic hydroxyl groups excluding tert-OH is 1. The van der Waals surface area contributed by atoms with Crippen LogP contribution in [0.2, 0.25) is 0 Å². The Hall–Kier alpha value is -1.60. The van der Waals surface area contributed by atoms with Crippen LogP contribution in [-0.2, 0) is 9.59 Å². The van der Waals surface area contributed by atoms with E-state index in [2.05, 4.69) is 11.8 Å². The summed E-state index contributed by atoms with van der Waals surface area (Å²) in [6, 6.07) is 0. The van der Waals surface area contributed by atoms with Gasteiger partial charge in [0.15, 0.2) is 0 Å². The molecule has 0 aliphatic heterocycles. The van der Waals surface area contributed by atoms with E-state index in [0.717, 1.165) is 32.1 Å². The molecule has 0 heterocycles. The molecule has 1 aliphatic carbocycles. The number of hydrogen-bond donors (Lipinski definition) is 2. The number of unbranched alkanes of at least 4 members (excludes halogenated alkanes) is 3. The maximum atomic E-state index is 12.2. The van der Waals surface area contributed by atoms with E-state index in [1.165, 1.54) is 0 Å². The summed E-state index contributed by atoms with van der Waals surface area (Å²) in [5, 5.41) is 19.1. The van der Waals surface area contributed by atoms with E-state index in [0.29, 0.717) is 25.0 Å². The Balaban J connectivity index is 2.47. The van der Waals surface area contributed by atoms with E-state index < -0.39 is 12.1 Å². The summed E-state index contributed by atoms with van der Waals surface area (Å²) in [4.78, 5) is 22.7. The lowest BCUT2D eigenvalue weighted by atomic mass is 9.82. The van der Waals surface area contributed by atoms with E-state index in [1.54, 1.807) is 6.92 Å². The summed E-state index contributed by atoms with van der Waals surface area (Å²) >= 11 is 0. The van der Waals surface area contributed by atoms with Gasteiger partial charge in [0.2, 0.25) is 0 Å². The first-order valence-electron chi connectivity index (χ1n) is 9.78. The summed E-state index contributed by atoms with van der Waals surface area (Å²) in [7, 11) is 0. The number of aliphatic carboxylic acids is 1. The van der Waals surface area contributed by atoms with Gasteiger partial charge in [-0.2, -0.15) is 0 Å². The first kappa shape index (κ1) is 22.4. The smallest absolute Gasteiger partial charge is 0.303 e. The molecule has 2 N–H and O–H groups in total. The molecule has 0 amide bonds. The van der Waals surface area contributed by atoms with Crippen molar-refractivity contribution in [1.29, 1.82) is 0 Å². The number of Topliss-reactive ketones (excluding diaryl/α,β-unsaturated/α-hetero) is 1. The molecule has 4 nitrogen and oxygen atoms in total. The van der Waals surface area contributed by atoms with Crippen molar-refractivity contribution in [3.63, 3.8) is 0 Å². The van der Waals surface area contributed by atoms with Gasteiger partial charge in [-0.25, -0.2) is 0 Å². The van der Waals surface area contributed by atoms with Crippen molar-refractivity contribution >= 4 is 11.8 Å². The topological polar surface area (TPSA) is 74.6 Å². The zero-order valence-corrected chi connectivity index (χ0v) is 16.5. The average Bonchev–Trinajstić information content (AvgIpc) is 2.93. The van der Waals surface area contributed by atoms with Gasteiger partial charge in [0, 0.05) is 30.6 Å². The first-order valence-corrected chi connectivity index (χ1v) is 9.78. The van der Waals surface area contributed by atoms with Crippen LogP contribution in [0.4, 0.5) is 0 Å². The summed E-state index contributed by atoms with van der Waals surface area (Å²) < 4.78 is 0. The molecule has 1 aliphatic rings. The molecule has 0 unspecified atom stereocenters. The molecule has 0 spiro atoms. The van der Waals surface area contributed by atoms with Crippen LogP contribution in [0.25, 0.3) is 0 Å². The standard InChI is InChI=1S/C22H34O4/c1-4-5-16-22(2,3)20(24)15-13-17-12-14-19(23)18(17)10-8-6-7-9-11-21(25)26/h13,15,17-18,20,24H,6-12,14,16H2,1-3H3,(H,25,26)/t17-,18-,20-/m1/s1. The van der Waals surface area contributed by atoms with E-state index >= 15 is 0 Å². The summed E-state index contributed by atoms with van der Waals surface area (Å²) in [5.74, 6) is 5.75. The van der Waals surface area contributed by atoms with Crippen molar-refractivity contribution < 1.29 is 19.8 Å². The molecule has 26 heavy (non-hydrogen) atoms. The van der Waals surface area contributed by atoms with Crippen LogP contribution in [0, 0.1) is 29.1 Å². The summed E-state index contributed by atoms with van der Waals surface area (Å²) in [6.07, 6.45) is 10.1. The van der Waals surface area contributed by atoms with Gasteiger partial charge in [-0.05, 0) is 32.1 Å². The fourth-order valence-corrected chi connectivity index (χ4v) is 3.46. The Morgan fingerprint density at radius 2 is 2.00 bits per heavy atom. The number of carbonyl (C=O) groups excluding carboxylic acids is 1. The number of rotatable bonds is 11. The Labute approximate surface area is 158 Å². The van der Waals surface area contributed by atoms with Crippen molar-refractivity contribution in [1.82, 2.24) is 0 Å². The zero-order valence-electron chi connectivity index (χ0n) is 16.5. The minimum Gasteiger partial charge on any atom is -0.481 e. The second kappa shape index (κ2) is 11.2. The van der Waals surface area contributed by atoms with Crippen LogP contribution in [0.1, 0.15) is 78.6 Å². The molecule has 1 fully saturated rings. The van der Waals surface area contributed by atoms with Gasteiger partial charge >= 0.3 is 5.97 Å². The lowest BCUT2D eigenvalue weighted by Gasteiger charge is -2.26. The van der Waals surface area contributed by atoms with E-state index in [-0.39, 0.29) is 23.7 Å². The molecule has 0 aromatic rings. The third-order valence-electron chi connectivity index (χ3n) is 5.37. The molecule has 146 valence electrons. The normalized spacial score (nSPS) is 21.6. The van der Waals surface area contributed by atoms with Crippen molar-refractivity contribution in [2.24, 2.45) is 17.3 Å². The van der Waals surface area contributed by atoms with Crippen LogP contribution >= 0.6 is 0 Å². The van der Waals surface area contributed by atoms with Crippen molar-refractivity contribution in [3.8, 4) is 11.8 Å². The second-order valence-electron chi connectivity index (χ2n) is 8.04. The number of allylic oxidation sites excluding steroid dienone is 1. The van der Waals surface area contributed by atoms with Crippen LogP contribution < -0.4 is 0 Å². The molecular weight excluding hydrogens is 328 g/mol.